The van der Waals surface area contributed by atoms with Gasteiger partial charge in [0.15, 0.2) is 0 Å². The smallest absolute Gasteiger partial charge is 0.236 e. The number of nitrogens with zero attached hydrogens (tertiary/aromatic N) is 5. The Morgan fingerprint density at radius 3 is 2.43 bits per heavy atom. The van der Waals surface area contributed by atoms with Crippen molar-refractivity contribution >= 4 is 46.4 Å². The van der Waals surface area contributed by atoms with E-state index in [1.807, 2.05) is 29.2 Å². The van der Waals surface area contributed by atoms with Crippen LogP contribution in [0.1, 0.15) is 103 Å². The third-order valence-electron chi connectivity index (χ3n) is 11.1. The highest BCUT2D eigenvalue weighted by atomic mass is 16.2. The minimum Gasteiger partial charge on any atom is -0.367 e. The van der Waals surface area contributed by atoms with Crippen molar-refractivity contribution < 1.29 is 9.59 Å². The number of likely N-dealkylation sites (tertiary alicyclic amines) is 1. The number of nitrogens with one attached hydrogen (secondary N) is 5. The van der Waals surface area contributed by atoms with Crippen molar-refractivity contribution in [1.29, 1.82) is 0 Å². The summed E-state index contributed by atoms with van der Waals surface area (Å²) >= 11 is 0. The molecule has 14 heteroatoms. The SMILES string of the molecule is NN=C(C=NCCCNCCCNC1CCCCC1)CNc1nc(NC2CCN(C(=O)CCC(N)C(=O)NCC3CCCCC3)CC2)c2ccccc2n1. The van der Waals surface area contributed by atoms with Gasteiger partial charge in [-0.3, -0.25) is 14.6 Å². The number of carbonyl (C=O) groups is 2. The van der Waals surface area contributed by atoms with E-state index in [9.17, 15) is 9.59 Å². The third-order valence-corrected chi connectivity index (χ3v) is 11.1. The first-order valence-corrected chi connectivity index (χ1v) is 20.8. The first-order valence-electron chi connectivity index (χ1n) is 20.8. The highest BCUT2D eigenvalue weighted by molar-refractivity contribution is 6.32. The molecular weight excluding hydrogens is 681 g/mol. The fourth-order valence-electron chi connectivity index (χ4n) is 7.78. The first-order chi connectivity index (χ1) is 26.5. The molecular formula is C40H66N12O2. The molecule has 14 nitrogen and oxygen atoms in total. The number of carbonyl (C=O) groups excluding carboxylic acids is 2. The summed E-state index contributed by atoms with van der Waals surface area (Å²) in [6.45, 7) is 6.03. The maximum atomic E-state index is 13.0. The molecule has 0 radical (unpaired) electrons. The minimum absolute atomic E-state index is 0.0496. The highest BCUT2D eigenvalue weighted by Gasteiger charge is 2.25. The summed E-state index contributed by atoms with van der Waals surface area (Å²) in [5.74, 6) is 7.36. The van der Waals surface area contributed by atoms with Gasteiger partial charge < -0.3 is 43.1 Å². The largest absolute Gasteiger partial charge is 0.367 e. The van der Waals surface area contributed by atoms with E-state index in [4.69, 9.17) is 21.5 Å². The van der Waals surface area contributed by atoms with Crippen LogP contribution in [0.3, 0.4) is 0 Å². The molecule has 1 unspecified atom stereocenters. The van der Waals surface area contributed by atoms with E-state index in [1.54, 1.807) is 6.21 Å². The summed E-state index contributed by atoms with van der Waals surface area (Å²) in [5, 5.41) is 22.0. The van der Waals surface area contributed by atoms with Gasteiger partial charge >= 0.3 is 0 Å². The van der Waals surface area contributed by atoms with E-state index in [1.165, 1.54) is 64.2 Å². The number of hydrazone groups is 1. The van der Waals surface area contributed by atoms with Crippen LogP contribution < -0.4 is 38.2 Å². The second kappa shape index (κ2) is 23.1. The number of aromatic nitrogens is 2. The average Bonchev–Trinajstić information content (AvgIpc) is 3.21. The molecule has 54 heavy (non-hydrogen) atoms. The molecule has 1 saturated heterocycles. The molecule has 3 fully saturated rings. The number of anilines is 2. The van der Waals surface area contributed by atoms with E-state index in [-0.39, 0.29) is 24.3 Å². The summed E-state index contributed by atoms with van der Waals surface area (Å²) in [4.78, 5) is 41.5. The Labute approximate surface area is 321 Å². The van der Waals surface area contributed by atoms with Crippen LogP contribution in [0.15, 0.2) is 34.4 Å². The summed E-state index contributed by atoms with van der Waals surface area (Å²) in [7, 11) is 0. The first kappa shape index (κ1) is 41.3. The van der Waals surface area contributed by atoms with E-state index in [2.05, 4.69) is 36.7 Å². The Hall–Kier alpha value is -3.88. The van der Waals surface area contributed by atoms with Gasteiger partial charge in [-0.25, -0.2) is 4.98 Å². The molecule has 0 bridgehead atoms. The molecule has 2 amide bonds. The maximum Gasteiger partial charge on any atom is 0.236 e. The number of rotatable bonds is 21. The molecule has 3 aliphatic rings. The molecule has 0 spiro atoms. The lowest BCUT2D eigenvalue weighted by molar-refractivity contribution is -0.132. The van der Waals surface area contributed by atoms with Gasteiger partial charge in [-0.05, 0) is 95.5 Å². The fraction of sp³-hybridized carbons (Fsp3) is 0.700. The van der Waals surface area contributed by atoms with Crippen LogP contribution in [0.25, 0.3) is 10.9 Å². The van der Waals surface area contributed by atoms with Gasteiger partial charge in [0, 0.05) is 56.3 Å². The lowest BCUT2D eigenvalue weighted by Gasteiger charge is -2.33. The summed E-state index contributed by atoms with van der Waals surface area (Å²) in [6, 6.07) is 8.13. The quantitative estimate of drug-likeness (QED) is 0.0425. The lowest BCUT2D eigenvalue weighted by Crippen LogP contribution is -2.45. The monoisotopic (exact) mass is 747 g/mol. The van der Waals surface area contributed by atoms with Crippen LogP contribution >= 0.6 is 0 Å². The van der Waals surface area contributed by atoms with Crippen LogP contribution in [0, 0.1) is 5.92 Å². The molecule has 2 aliphatic carbocycles. The van der Waals surface area contributed by atoms with Crippen LogP contribution in [0.4, 0.5) is 11.8 Å². The summed E-state index contributed by atoms with van der Waals surface area (Å²) in [5.41, 5.74) is 7.59. The van der Waals surface area contributed by atoms with E-state index in [0.717, 1.165) is 68.1 Å². The Morgan fingerprint density at radius 1 is 0.907 bits per heavy atom. The Balaban J connectivity index is 0.993. The van der Waals surface area contributed by atoms with E-state index >= 15 is 0 Å². The Morgan fingerprint density at radius 2 is 1.65 bits per heavy atom. The van der Waals surface area contributed by atoms with Gasteiger partial charge in [0.25, 0.3) is 0 Å². The number of fused-ring (bicyclic) bond motifs is 1. The highest BCUT2D eigenvalue weighted by Crippen LogP contribution is 2.25. The molecule has 1 aliphatic heterocycles. The number of piperidine rings is 1. The normalized spacial score (nSPS) is 18.6. The Kier molecular flexibility index (Phi) is 17.7. The van der Waals surface area contributed by atoms with E-state index in [0.29, 0.717) is 56.7 Å². The van der Waals surface area contributed by atoms with Crippen molar-refractivity contribution in [3.8, 4) is 0 Å². The van der Waals surface area contributed by atoms with Crippen molar-refractivity contribution in [3.05, 3.63) is 24.3 Å². The van der Waals surface area contributed by atoms with Crippen LogP contribution in [0.2, 0.25) is 0 Å². The van der Waals surface area contributed by atoms with Crippen molar-refractivity contribution in [2.45, 2.75) is 121 Å². The molecule has 2 saturated carbocycles. The number of benzene rings is 1. The second-order valence-corrected chi connectivity index (χ2v) is 15.4. The van der Waals surface area contributed by atoms with Gasteiger partial charge in [-0.1, -0.05) is 50.7 Å². The molecule has 5 rings (SSSR count). The maximum absolute atomic E-state index is 13.0. The number of para-hydroxylation sites is 1. The van der Waals surface area contributed by atoms with Crippen LogP contribution in [-0.4, -0.2) is 109 Å². The van der Waals surface area contributed by atoms with Gasteiger partial charge in [0.2, 0.25) is 17.8 Å². The lowest BCUT2D eigenvalue weighted by atomic mass is 9.89. The number of hydrogen-bond acceptors (Lipinski definition) is 12. The fourth-order valence-corrected chi connectivity index (χ4v) is 7.78. The molecule has 298 valence electrons. The van der Waals surface area contributed by atoms with Crippen molar-refractivity contribution in [3.63, 3.8) is 0 Å². The van der Waals surface area contributed by atoms with Gasteiger partial charge in [0.1, 0.15) is 5.82 Å². The topological polar surface area (TPSA) is 200 Å². The molecule has 2 heterocycles. The summed E-state index contributed by atoms with van der Waals surface area (Å²) < 4.78 is 0. The zero-order valence-electron chi connectivity index (χ0n) is 32.4. The molecule has 1 aromatic heterocycles. The third kappa shape index (κ3) is 14.1. The molecule has 1 aromatic carbocycles. The molecule has 9 N–H and O–H groups in total. The van der Waals surface area contributed by atoms with Crippen LogP contribution in [-0.2, 0) is 9.59 Å². The van der Waals surface area contributed by atoms with Gasteiger partial charge in [-0.15, -0.1) is 0 Å². The predicted molar refractivity (Wildman–Crippen MR) is 220 cm³/mol. The van der Waals surface area contributed by atoms with Crippen molar-refractivity contribution in [1.82, 2.24) is 30.8 Å². The standard InChI is InChI=1S/C40H66N12O2/c41-35(39(54)46-27-30-11-3-1-4-12-30)17-18-37(53)52-25-19-32(20-26-52)48-38-34-15-7-8-16-36(34)49-40(50-38)47-29-33(51-42)28-44-23-9-21-43-22-10-24-45-31-13-5-2-6-14-31/h7-8,15-16,28,30-32,35,43,45H,1-6,9-14,17-27,29,41-42H2,(H,46,54)(H2,47,48,49,50). The number of hydrogen-bond donors (Lipinski definition) is 7. The van der Waals surface area contributed by atoms with E-state index < -0.39 is 6.04 Å². The molecule has 2 aromatic rings. The average molecular weight is 747 g/mol. The van der Waals surface area contributed by atoms with Gasteiger partial charge in [-0.2, -0.15) is 10.1 Å². The van der Waals surface area contributed by atoms with Crippen molar-refractivity contribution in [2.75, 3.05) is 63.0 Å². The molecule has 1 atom stereocenters. The van der Waals surface area contributed by atoms with Crippen molar-refractivity contribution in [2.24, 2.45) is 27.6 Å². The summed E-state index contributed by atoms with van der Waals surface area (Å²) in [6.07, 6.45) is 18.9. The zero-order chi connectivity index (χ0) is 37.8. The Bertz CT molecular complexity index is 1480. The second-order valence-electron chi connectivity index (χ2n) is 15.4. The van der Waals surface area contributed by atoms with Gasteiger partial charge in [0.05, 0.1) is 23.8 Å². The minimum atomic E-state index is -0.661. The zero-order valence-corrected chi connectivity index (χ0v) is 32.4. The predicted octanol–water partition coefficient (Wildman–Crippen LogP) is 3.93. The number of aliphatic imine (C=N–C) groups is 1. The number of nitrogens with two attached hydrogens (primary N) is 2. The number of amides is 2. The van der Waals surface area contributed by atoms with Crippen LogP contribution in [0.5, 0.6) is 0 Å².